The Bertz CT molecular complexity index is 606. The third kappa shape index (κ3) is 1.55. The van der Waals surface area contributed by atoms with Gasteiger partial charge in [0.2, 0.25) is 6.04 Å². The van der Waals surface area contributed by atoms with Gasteiger partial charge < -0.3 is 10.8 Å². The lowest BCUT2D eigenvalue weighted by atomic mass is 10.1. The zero-order valence-electron chi connectivity index (χ0n) is 8.33. The number of fused-ring (bicyclic) bond motifs is 1. The van der Waals surface area contributed by atoms with Gasteiger partial charge in [0, 0.05) is 12.4 Å². The molecule has 82 valence electrons. The van der Waals surface area contributed by atoms with E-state index >= 15 is 0 Å². The van der Waals surface area contributed by atoms with Gasteiger partial charge in [-0.15, -0.1) is 0 Å². The van der Waals surface area contributed by atoms with Crippen molar-refractivity contribution in [3.63, 3.8) is 0 Å². The van der Waals surface area contributed by atoms with Crippen molar-refractivity contribution in [2.75, 3.05) is 0 Å². The van der Waals surface area contributed by atoms with Gasteiger partial charge in [0.25, 0.3) is 5.56 Å². The molecule has 2 rings (SSSR count). The van der Waals surface area contributed by atoms with E-state index in [4.69, 9.17) is 5.11 Å². The molecule has 2 aromatic heterocycles. The molecule has 1 unspecified atom stereocenters. The van der Waals surface area contributed by atoms with E-state index in [1.165, 1.54) is 10.6 Å². The van der Waals surface area contributed by atoms with Crippen molar-refractivity contribution in [3.8, 4) is 0 Å². The first-order valence-electron chi connectivity index (χ1n) is 4.63. The van der Waals surface area contributed by atoms with Crippen molar-refractivity contribution in [3.05, 3.63) is 46.5 Å². The molecule has 0 fully saturated rings. The highest BCUT2D eigenvalue weighted by molar-refractivity contribution is 5.73. The van der Waals surface area contributed by atoms with Crippen LogP contribution in [-0.4, -0.2) is 20.5 Å². The van der Waals surface area contributed by atoms with Crippen LogP contribution in [0.3, 0.4) is 0 Å². The Morgan fingerprint density at radius 3 is 2.94 bits per heavy atom. The molecule has 0 bridgehead atoms. The van der Waals surface area contributed by atoms with Crippen molar-refractivity contribution >= 4 is 11.6 Å². The number of carboxylic acid groups (broad SMARTS) is 1. The van der Waals surface area contributed by atoms with Crippen molar-refractivity contribution in [1.29, 1.82) is 0 Å². The predicted molar refractivity (Wildman–Crippen MR) is 54.7 cm³/mol. The number of rotatable bonds is 2. The lowest BCUT2D eigenvalue weighted by Crippen LogP contribution is -2.59. The second-order valence-electron chi connectivity index (χ2n) is 3.34. The van der Waals surface area contributed by atoms with Crippen molar-refractivity contribution in [2.45, 2.75) is 6.04 Å². The molecule has 0 saturated carbocycles. The van der Waals surface area contributed by atoms with Crippen LogP contribution in [0.1, 0.15) is 11.6 Å². The standard InChI is InChI=1S/C10H9N3O3/c11-8(10(15)16)6-5-12-7-3-1-2-4-13(7)9(6)14/h1-5,8H,11H2,(H,15,16)/p+1. The molecule has 16 heavy (non-hydrogen) atoms. The number of aliphatic carboxylic acids is 1. The smallest absolute Gasteiger partial charge is 0.367 e. The molecule has 0 aliphatic heterocycles. The summed E-state index contributed by atoms with van der Waals surface area (Å²) in [5, 5.41) is 8.79. The minimum Gasteiger partial charge on any atom is -0.477 e. The van der Waals surface area contributed by atoms with Crippen LogP contribution in [0.2, 0.25) is 0 Å². The van der Waals surface area contributed by atoms with Gasteiger partial charge in [-0.05, 0) is 12.1 Å². The van der Waals surface area contributed by atoms with Crippen molar-refractivity contribution < 1.29 is 15.6 Å². The second-order valence-corrected chi connectivity index (χ2v) is 3.34. The van der Waals surface area contributed by atoms with Gasteiger partial charge in [-0.1, -0.05) is 6.07 Å². The minimum atomic E-state index is -1.14. The molecular weight excluding hydrogens is 210 g/mol. The van der Waals surface area contributed by atoms with Gasteiger partial charge in [0.1, 0.15) is 11.2 Å². The maximum atomic E-state index is 11.9. The quantitative estimate of drug-likeness (QED) is 0.682. The molecule has 0 radical (unpaired) electrons. The molecule has 1 atom stereocenters. The number of aromatic nitrogens is 2. The van der Waals surface area contributed by atoms with Crippen molar-refractivity contribution in [1.82, 2.24) is 9.38 Å². The Labute approximate surface area is 90.0 Å². The summed E-state index contributed by atoms with van der Waals surface area (Å²) in [6.07, 6.45) is 2.81. The van der Waals surface area contributed by atoms with E-state index in [-0.39, 0.29) is 5.56 Å². The van der Waals surface area contributed by atoms with E-state index < -0.39 is 17.6 Å². The highest BCUT2D eigenvalue weighted by Gasteiger charge is 2.22. The summed E-state index contributed by atoms with van der Waals surface area (Å²) >= 11 is 0. The van der Waals surface area contributed by atoms with E-state index in [2.05, 4.69) is 10.7 Å². The molecule has 0 aromatic carbocycles. The Kier molecular flexibility index (Phi) is 2.41. The number of quaternary nitrogens is 1. The third-order valence-electron chi connectivity index (χ3n) is 2.31. The number of carbonyl (C=O) groups is 1. The largest absolute Gasteiger partial charge is 0.477 e. The maximum Gasteiger partial charge on any atom is 0.367 e. The van der Waals surface area contributed by atoms with Crippen LogP contribution in [0.15, 0.2) is 35.4 Å². The zero-order chi connectivity index (χ0) is 11.7. The molecule has 0 aliphatic carbocycles. The number of hydrogen-bond acceptors (Lipinski definition) is 3. The van der Waals surface area contributed by atoms with E-state index in [0.29, 0.717) is 5.65 Å². The molecule has 2 heterocycles. The Morgan fingerprint density at radius 2 is 2.25 bits per heavy atom. The van der Waals surface area contributed by atoms with E-state index in [1.807, 2.05) is 0 Å². The second kappa shape index (κ2) is 3.74. The monoisotopic (exact) mass is 220 g/mol. The Hall–Kier alpha value is -2.21. The molecule has 0 spiro atoms. The molecule has 0 saturated heterocycles. The number of pyridine rings is 1. The van der Waals surface area contributed by atoms with Crippen LogP contribution < -0.4 is 11.3 Å². The SMILES string of the molecule is [NH3+]C(C(=O)O)c1cnc2ccccn2c1=O. The van der Waals surface area contributed by atoms with Gasteiger partial charge in [0.15, 0.2) is 0 Å². The Morgan fingerprint density at radius 1 is 1.50 bits per heavy atom. The fourth-order valence-corrected chi connectivity index (χ4v) is 1.41. The maximum absolute atomic E-state index is 11.9. The molecular formula is C10H10N3O3+. The van der Waals surface area contributed by atoms with E-state index in [1.54, 1.807) is 24.4 Å². The number of hydrogen-bond donors (Lipinski definition) is 2. The molecule has 0 amide bonds. The summed E-state index contributed by atoms with van der Waals surface area (Å²) in [5.41, 5.74) is 3.59. The normalized spacial score (nSPS) is 12.6. The first-order valence-corrected chi connectivity index (χ1v) is 4.63. The summed E-state index contributed by atoms with van der Waals surface area (Å²) in [7, 11) is 0. The topological polar surface area (TPSA) is 99.3 Å². The average molecular weight is 220 g/mol. The van der Waals surface area contributed by atoms with Gasteiger partial charge in [-0.2, -0.15) is 0 Å². The molecule has 6 heteroatoms. The molecule has 4 N–H and O–H groups in total. The fraction of sp³-hybridized carbons (Fsp3) is 0.100. The highest BCUT2D eigenvalue weighted by atomic mass is 16.4. The summed E-state index contributed by atoms with van der Waals surface area (Å²) in [4.78, 5) is 26.6. The highest BCUT2D eigenvalue weighted by Crippen LogP contribution is 2.03. The van der Waals surface area contributed by atoms with Gasteiger partial charge in [-0.25, -0.2) is 9.78 Å². The summed E-state index contributed by atoms with van der Waals surface area (Å²) < 4.78 is 1.30. The summed E-state index contributed by atoms with van der Waals surface area (Å²) in [5.74, 6) is -1.14. The summed E-state index contributed by atoms with van der Waals surface area (Å²) in [6.45, 7) is 0. The zero-order valence-corrected chi connectivity index (χ0v) is 8.33. The predicted octanol–water partition coefficient (Wildman–Crippen LogP) is -0.938. The first-order chi connectivity index (χ1) is 7.61. The van der Waals surface area contributed by atoms with Gasteiger partial charge in [-0.3, -0.25) is 9.20 Å². The lowest BCUT2D eigenvalue weighted by Gasteiger charge is -2.04. The van der Waals surface area contributed by atoms with Crippen LogP contribution in [0.4, 0.5) is 0 Å². The fourth-order valence-electron chi connectivity index (χ4n) is 1.41. The molecule has 0 aliphatic rings. The van der Waals surface area contributed by atoms with Gasteiger partial charge >= 0.3 is 5.97 Å². The van der Waals surface area contributed by atoms with Gasteiger partial charge in [0.05, 0.1) is 0 Å². The Balaban J connectivity index is 2.70. The van der Waals surface area contributed by atoms with Crippen LogP contribution in [0.25, 0.3) is 5.65 Å². The number of carboxylic acids is 1. The average Bonchev–Trinajstić information content (AvgIpc) is 2.29. The van der Waals surface area contributed by atoms with Crippen LogP contribution in [0, 0.1) is 0 Å². The van der Waals surface area contributed by atoms with Crippen LogP contribution >= 0.6 is 0 Å². The summed E-state index contributed by atoms with van der Waals surface area (Å²) in [6, 6.07) is 4.00. The van der Waals surface area contributed by atoms with Crippen LogP contribution in [0.5, 0.6) is 0 Å². The molecule has 6 nitrogen and oxygen atoms in total. The van der Waals surface area contributed by atoms with E-state index in [9.17, 15) is 9.59 Å². The third-order valence-corrected chi connectivity index (χ3v) is 2.31. The van der Waals surface area contributed by atoms with Crippen LogP contribution in [-0.2, 0) is 4.79 Å². The van der Waals surface area contributed by atoms with E-state index in [0.717, 1.165) is 0 Å². The minimum absolute atomic E-state index is 0.0798. The molecule has 2 aromatic rings. The first kappa shape index (κ1) is 10.3. The lowest BCUT2D eigenvalue weighted by molar-refractivity contribution is -0.414. The van der Waals surface area contributed by atoms with Crippen molar-refractivity contribution in [2.24, 2.45) is 0 Å². The number of nitrogens with zero attached hydrogens (tertiary/aromatic N) is 2.